The molecule has 0 aromatic rings. The molecule has 0 saturated heterocycles. The maximum absolute atomic E-state index is 2.49. The molecular formula is C17H35. The van der Waals surface area contributed by atoms with E-state index in [1.165, 1.54) is 89.9 Å². The van der Waals surface area contributed by atoms with Gasteiger partial charge in [0, 0.05) is 0 Å². The monoisotopic (exact) mass is 239 g/mol. The molecule has 0 bridgehead atoms. The fourth-order valence-corrected chi connectivity index (χ4v) is 2.27. The van der Waals surface area contributed by atoms with Crippen LogP contribution < -0.4 is 0 Å². The summed E-state index contributed by atoms with van der Waals surface area (Å²) < 4.78 is 0. The van der Waals surface area contributed by atoms with Gasteiger partial charge >= 0.3 is 0 Å². The molecule has 1 radical (unpaired) electrons. The molecular weight excluding hydrogens is 204 g/mol. The lowest BCUT2D eigenvalue weighted by Gasteiger charge is -2.02. The normalized spacial score (nSPS) is 10.9. The molecule has 17 heavy (non-hydrogen) atoms. The van der Waals surface area contributed by atoms with Gasteiger partial charge in [0.05, 0.1) is 0 Å². The van der Waals surface area contributed by atoms with Gasteiger partial charge in [0.15, 0.2) is 0 Å². The van der Waals surface area contributed by atoms with Crippen LogP contribution in [0.15, 0.2) is 0 Å². The Bertz CT molecular complexity index is 103. The largest absolute Gasteiger partial charge is 0.0654 e. The van der Waals surface area contributed by atoms with E-state index >= 15 is 0 Å². The van der Waals surface area contributed by atoms with Crippen molar-refractivity contribution in [2.75, 3.05) is 0 Å². The van der Waals surface area contributed by atoms with Crippen molar-refractivity contribution in [1.82, 2.24) is 0 Å². The quantitative estimate of drug-likeness (QED) is 0.296. The Labute approximate surface area is 111 Å². The van der Waals surface area contributed by atoms with Crippen LogP contribution in [-0.4, -0.2) is 0 Å². The first-order chi connectivity index (χ1) is 8.41. The van der Waals surface area contributed by atoms with Crippen molar-refractivity contribution in [2.24, 2.45) is 0 Å². The first kappa shape index (κ1) is 17.0. The second-order valence-electron chi connectivity index (χ2n) is 5.40. The highest BCUT2D eigenvalue weighted by Crippen LogP contribution is 2.12. The molecule has 0 unspecified atom stereocenters. The van der Waals surface area contributed by atoms with Gasteiger partial charge in [0.2, 0.25) is 0 Å². The molecule has 0 spiro atoms. The fraction of sp³-hybridized carbons (Fsp3) is 0.941. The van der Waals surface area contributed by atoms with Gasteiger partial charge in [-0.1, -0.05) is 104 Å². The average molecular weight is 239 g/mol. The Balaban J connectivity index is 2.85. The van der Waals surface area contributed by atoms with Crippen LogP contribution in [0.1, 0.15) is 104 Å². The molecule has 0 aromatic heterocycles. The summed E-state index contributed by atoms with van der Waals surface area (Å²) in [5.41, 5.74) is 0. The van der Waals surface area contributed by atoms with E-state index in [9.17, 15) is 0 Å². The lowest BCUT2D eigenvalue weighted by molar-refractivity contribution is 0.553. The van der Waals surface area contributed by atoms with Crippen LogP contribution in [0.25, 0.3) is 0 Å². The van der Waals surface area contributed by atoms with Crippen LogP contribution in [-0.2, 0) is 0 Å². The summed E-state index contributed by atoms with van der Waals surface area (Å²) in [5, 5.41) is 0. The first-order valence-corrected chi connectivity index (χ1v) is 8.23. The summed E-state index contributed by atoms with van der Waals surface area (Å²) in [6.07, 6.45) is 22.4. The SMILES string of the molecule is CCCC[CH]CCCCCCCCCCCC. The standard InChI is InChI=1S/C17H35/c1-3-5-7-9-11-13-15-17-16-14-12-10-8-6-4-2/h9H,3-8,10-17H2,1-2H3. The molecule has 0 aromatic carbocycles. The van der Waals surface area contributed by atoms with Gasteiger partial charge in [-0.2, -0.15) is 0 Å². The van der Waals surface area contributed by atoms with E-state index in [0.29, 0.717) is 0 Å². The molecule has 0 amide bonds. The van der Waals surface area contributed by atoms with Crippen molar-refractivity contribution in [3.8, 4) is 0 Å². The smallest absolute Gasteiger partial charge is 0.0386 e. The lowest BCUT2D eigenvalue weighted by atomic mass is 10.0. The Morgan fingerprint density at radius 1 is 0.471 bits per heavy atom. The molecule has 103 valence electrons. The fourth-order valence-electron chi connectivity index (χ4n) is 2.27. The molecule has 0 heterocycles. The minimum Gasteiger partial charge on any atom is -0.0654 e. The van der Waals surface area contributed by atoms with Crippen molar-refractivity contribution >= 4 is 0 Å². The number of hydrogen-bond acceptors (Lipinski definition) is 0. The summed E-state index contributed by atoms with van der Waals surface area (Å²) >= 11 is 0. The van der Waals surface area contributed by atoms with Gasteiger partial charge < -0.3 is 0 Å². The van der Waals surface area contributed by atoms with Crippen LogP contribution in [0, 0.1) is 6.42 Å². The van der Waals surface area contributed by atoms with E-state index in [1.54, 1.807) is 0 Å². The third-order valence-corrected chi connectivity index (χ3v) is 3.52. The molecule has 0 aliphatic rings. The number of rotatable bonds is 14. The van der Waals surface area contributed by atoms with Crippen molar-refractivity contribution in [3.05, 3.63) is 6.42 Å². The second-order valence-corrected chi connectivity index (χ2v) is 5.40. The summed E-state index contributed by atoms with van der Waals surface area (Å²) in [7, 11) is 0. The maximum atomic E-state index is 2.49. The predicted molar refractivity (Wildman–Crippen MR) is 80.3 cm³/mol. The maximum Gasteiger partial charge on any atom is -0.0386 e. The van der Waals surface area contributed by atoms with Crippen LogP contribution in [0.5, 0.6) is 0 Å². The van der Waals surface area contributed by atoms with Gasteiger partial charge in [-0.25, -0.2) is 0 Å². The van der Waals surface area contributed by atoms with Crippen molar-refractivity contribution in [2.45, 2.75) is 104 Å². The molecule has 0 N–H and O–H groups in total. The Morgan fingerprint density at radius 3 is 1.41 bits per heavy atom. The van der Waals surface area contributed by atoms with E-state index in [2.05, 4.69) is 20.3 Å². The predicted octanol–water partition coefficient (Wildman–Crippen LogP) is 6.69. The zero-order valence-electron chi connectivity index (χ0n) is 12.5. The molecule has 0 nitrogen and oxygen atoms in total. The van der Waals surface area contributed by atoms with Gasteiger partial charge in [0.1, 0.15) is 0 Å². The zero-order chi connectivity index (χ0) is 12.6. The summed E-state index contributed by atoms with van der Waals surface area (Å²) in [6, 6.07) is 0. The van der Waals surface area contributed by atoms with E-state index in [0.717, 1.165) is 0 Å². The third kappa shape index (κ3) is 16.0. The molecule has 0 fully saturated rings. The second kappa shape index (κ2) is 16.0. The van der Waals surface area contributed by atoms with Crippen LogP contribution >= 0.6 is 0 Å². The highest BCUT2D eigenvalue weighted by atomic mass is 14.0. The molecule has 0 aliphatic heterocycles. The molecule has 0 saturated carbocycles. The summed E-state index contributed by atoms with van der Waals surface area (Å²) in [6.45, 7) is 4.56. The number of unbranched alkanes of at least 4 members (excludes halogenated alkanes) is 14. The van der Waals surface area contributed by atoms with Gasteiger partial charge in [-0.3, -0.25) is 0 Å². The zero-order valence-corrected chi connectivity index (χ0v) is 12.5. The van der Waals surface area contributed by atoms with Crippen molar-refractivity contribution < 1.29 is 0 Å². The Morgan fingerprint density at radius 2 is 0.882 bits per heavy atom. The van der Waals surface area contributed by atoms with Crippen LogP contribution in [0.3, 0.4) is 0 Å². The van der Waals surface area contributed by atoms with Gasteiger partial charge in [-0.15, -0.1) is 0 Å². The number of hydrogen-bond donors (Lipinski definition) is 0. The average Bonchev–Trinajstić information content (AvgIpc) is 2.35. The Hall–Kier alpha value is 0. The molecule has 0 atom stereocenters. The molecule has 0 rings (SSSR count). The van der Waals surface area contributed by atoms with E-state index in [1.807, 2.05) is 0 Å². The first-order valence-electron chi connectivity index (χ1n) is 8.23. The molecule has 0 heteroatoms. The highest BCUT2D eigenvalue weighted by molar-refractivity contribution is 4.63. The third-order valence-electron chi connectivity index (χ3n) is 3.52. The van der Waals surface area contributed by atoms with E-state index in [4.69, 9.17) is 0 Å². The van der Waals surface area contributed by atoms with Crippen LogP contribution in [0.2, 0.25) is 0 Å². The highest BCUT2D eigenvalue weighted by Gasteiger charge is 1.93. The molecule has 0 aliphatic carbocycles. The minimum absolute atomic E-state index is 1.34. The summed E-state index contributed by atoms with van der Waals surface area (Å²) in [4.78, 5) is 0. The van der Waals surface area contributed by atoms with Crippen molar-refractivity contribution in [3.63, 3.8) is 0 Å². The minimum atomic E-state index is 1.34. The lowest BCUT2D eigenvalue weighted by Crippen LogP contribution is -1.83. The van der Waals surface area contributed by atoms with Crippen LogP contribution in [0.4, 0.5) is 0 Å². The van der Waals surface area contributed by atoms with Crippen molar-refractivity contribution in [1.29, 1.82) is 0 Å². The van der Waals surface area contributed by atoms with E-state index < -0.39 is 0 Å². The van der Waals surface area contributed by atoms with Gasteiger partial charge in [-0.05, 0) is 6.42 Å². The summed E-state index contributed by atoms with van der Waals surface area (Å²) in [5.74, 6) is 0. The topological polar surface area (TPSA) is 0 Å². The van der Waals surface area contributed by atoms with Gasteiger partial charge in [0.25, 0.3) is 0 Å². The Kier molecular flexibility index (Phi) is 16.0. The van der Waals surface area contributed by atoms with E-state index in [-0.39, 0.29) is 0 Å².